The van der Waals surface area contributed by atoms with Crippen LogP contribution in [0.1, 0.15) is 0 Å². The molecule has 0 aliphatic carbocycles. The lowest BCUT2D eigenvalue weighted by Gasteiger charge is -2.43. The Balaban J connectivity index is 3.08. The SMILES string of the molecule is C[Si](C)(C)N(c1ncns1)[Si](C)(C)C. The topological polar surface area (TPSA) is 29.0 Å². The van der Waals surface area contributed by atoms with E-state index in [9.17, 15) is 0 Å². The van der Waals surface area contributed by atoms with Gasteiger partial charge in [0.05, 0.1) is 0 Å². The van der Waals surface area contributed by atoms with Crippen molar-refractivity contribution in [2.75, 3.05) is 4.23 Å². The molecule has 1 rings (SSSR count). The highest BCUT2D eigenvalue weighted by molar-refractivity contribution is 7.14. The summed E-state index contributed by atoms with van der Waals surface area (Å²) in [5, 5.41) is 1.11. The van der Waals surface area contributed by atoms with Crippen molar-refractivity contribution >= 4 is 33.1 Å². The van der Waals surface area contributed by atoms with Crippen molar-refractivity contribution < 1.29 is 0 Å². The van der Waals surface area contributed by atoms with Gasteiger partial charge in [0.1, 0.15) is 22.8 Å². The third kappa shape index (κ3) is 2.64. The molecule has 1 heterocycles. The molecule has 0 bridgehead atoms. The van der Waals surface area contributed by atoms with Crippen molar-refractivity contribution in [3.63, 3.8) is 0 Å². The van der Waals surface area contributed by atoms with Crippen molar-refractivity contribution in [3.05, 3.63) is 6.33 Å². The van der Waals surface area contributed by atoms with E-state index in [4.69, 9.17) is 0 Å². The zero-order valence-corrected chi connectivity index (χ0v) is 12.6. The minimum Gasteiger partial charge on any atom is -0.400 e. The van der Waals surface area contributed by atoms with Crippen LogP contribution >= 0.6 is 11.5 Å². The average Bonchev–Trinajstić information content (AvgIpc) is 2.31. The number of aromatic nitrogens is 2. The van der Waals surface area contributed by atoms with Gasteiger partial charge in [-0.1, -0.05) is 39.3 Å². The first-order valence-corrected chi connectivity index (χ1v) is 12.5. The number of hydrogen-bond donors (Lipinski definition) is 0. The number of rotatable bonds is 3. The van der Waals surface area contributed by atoms with Gasteiger partial charge in [-0.15, -0.1) is 0 Å². The second kappa shape index (κ2) is 3.75. The van der Waals surface area contributed by atoms with Gasteiger partial charge in [0.2, 0.25) is 0 Å². The maximum atomic E-state index is 4.35. The maximum absolute atomic E-state index is 4.35. The van der Waals surface area contributed by atoms with Gasteiger partial charge in [0.25, 0.3) is 0 Å². The van der Waals surface area contributed by atoms with E-state index < -0.39 is 16.5 Å². The van der Waals surface area contributed by atoms with Crippen LogP contribution in [0.4, 0.5) is 5.13 Å². The van der Waals surface area contributed by atoms with E-state index >= 15 is 0 Å². The van der Waals surface area contributed by atoms with Gasteiger partial charge in [0.15, 0.2) is 5.13 Å². The van der Waals surface area contributed by atoms with Crippen molar-refractivity contribution in [2.24, 2.45) is 0 Å². The molecule has 0 saturated heterocycles. The lowest BCUT2D eigenvalue weighted by molar-refractivity contribution is 1.26. The lowest BCUT2D eigenvalue weighted by atomic mass is 11.2. The Morgan fingerprint density at radius 2 is 1.57 bits per heavy atom. The highest BCUT2D eigenvalue weighted by Crippen LogP contribution is 2.28. The van der Waals surface area contributed by atoms with Crippen molar-refractivity contribution in [2.45, 2.75) is 39.3 Å². The van der Waals surface area contributed by atoms with Crippen molar-refractivity contribution in [1.29, 1.82) is 0 Å². The zero-order valence-electron chi connectivity index (χ0n) is 9.83. The van der Waals surface area contributed by atoms with E-state index in [0.29, 0.717) is 0 Å². The standard InChI is InChI=1S/C8H19N3SSi2/c1-13(2,3)11(14(4,5)6)8-9-7-10-12-8/h7H,1-6H3. The summed E-state index contributed by atoms with van der Waals surface area (Å²) >= 11 is 1.52. The van der Waals surface area contributed by atoms with Crippen LogP contribution in [0.3, 0.4) is 0 Å². The van der Waals surface area contributed by atoms with Crippen LogP contribution in [-0.2, 0) is 0 Å². The Hall–Kier alpha value is -0.206. The number of nitrogens with zero attached hydrogens (tertiary/aromatic N) is 3. The first kappa shape index (κ1) is 11.9. The van der Waals surface area contributed by atoms with Crippen LogP contribution in [0, 0.1) is 0 Å². The molecule has 0 aliphatic heterocycles. The second-order valence-electron chi connectivity index (χ2n) is 5.40. The molecule has 0 aromatic carbocycles. The predicted octanol–water partition coefficient (Wildman–Crippen LogP) is 3.01. The molecular formula is C8H19N3SSi2. The number of hydrogen-bond acceptors (Lipinski definition) is 4. The minimum atomic E-state index is -1.32. The van der Waals surface area contributed by atoms with Crippen LogP contribution in [0.2, 0.25) is 39.3 Å². The normalized spacial score (nSPS) is 13.0. The van der Waals surface area contributed by atoms with Crippen LogP contribution < -0.4 is 4.23 Å². The molecule has 3 nitrogen and oxygen atoms in total. The largest absolute Gasteiger partial charge is 0.400 e. The Bertz CT molecular complexity index is 273. The summed E-state index contributed by atoms with van der Waals surface area (Å²) in [6, 6.07) is 0. The van der Waals surface area contributed by atoms with E-state index in [0.717, 1.165) is 5.13 Å². The molecule has 0 atom stereocenters. The highest BCUT2D eigenvalue weighted by atomic mass is 32.1. The third-order valence-corrected chi connectivity index (χ3v) is 9.99. The maximum Gasteiger partial charge on any atom is 0.188 e. The summed E-state index contributed by atoms with van der Waals surface area (Å²) in [5.41, 5.74) is 0. The average molecular weight is 245 g/mol. The molecule has 1 aromatic heterocycles. The van der Waals surface area contributed by atoms with E-state index in [1.54, 1.807) is 6.33 Å². The monoisotopic (exact) mass is 245 g/mol. The van der Waals surface area contributed by atoms with E-state index in [2.05, 4.69) is 52.9 Å². The fraction of sp³-hybridized carbons (Fsp3) is 0.750. The zero-order chi connectivity index (χ0) is 11.0. The molecular weight excluding hydrogens is 226 g/mol. The third-order valence-electron chi connectivity index (χ3n) is 1.88. The van der Waals surface area contributed by atoms with Crippen LogP contribution in [0.5, 0.6) is 0 Å². The molecule has 80 valence electrons. The Labute approximate surface area is 92.5 Å². The van der Waals surface area contributed by atoms with E-state index in [1.807, 2.05) is 0 Å². The fourth-order valence-corrected chi connectivity index (χ4v) is 13.4. The Kier molecular flexibility index (Phi) is 3.18. The lowest BCUT2D eigenvalue weighted by Crippen LogP contribution is -2.59. The van der Waals surface area contributed by atoms with Crippen LogP contribution in [0.15, 0.2) is 6.33 Å². The van der Waals surface area contributed by atoms with Gasteiger partial charge in [-0.3, -0.25) is 0 Å². The molecule has 0 fully saturated rings. The molecule has 0 saturated carbocycles. The van der Waals surface area contributed by atoms with Gasteiger partial charge in [0, 0.05) is 11.5 Å². The van der Waals surface area contributed by atoms with Crippen molar-refractivity contribution in [1.82, 2.24) is 9.36 Å². The second-order valence-corrected chi connectivity index (χ2v) is 16.2. The molecule has 6 heteroatoms. The van der Waals surface area contributed by atoms with Gasteiger partial charge < -0.3 is 4.23 Å². The minimum absolute atomic E-state index is 1.11. The fourth-order valence-electron chi connectivity index (χ4n) is 1.85. The molecule has 1 aromatic rings. The van der Waals surface area contributed by atoms with Gasteiger partial charge in [-0.25, -0.2) is 4.98 Å². The van der Waals surface area contributed by atoms with E-state index in [1.165, 1.54) is 11.5 Å². The molecule has 0 N–H and O–H groups in total. The first-order chi connectivity index (χ1) is 6.23. The summed E-state index contributed by atoms with van der Waals surface area (Å²) in [6.45, 7) is 14.2. The highest BCUT2D eigenvalue weighted by Gasteiger charge is 2.36. The van der Waals surface area contributed by atoms with Gasteiger partial charge in [-0.05, 0) is 0 Å². The van der Waals surface area contributed by atoms with Crippen LogP contribution in [-0.4, -0.2) is 25.8 Å². The molecule has 0 radical (unpaired) electrons. The Morgan fingerprint density at radius 3 is 1.86 bits per heavy atom. The molecule has 0 unspecified atom stereocenters. The smallest absolute Gasteiger partial charge is 0.188 e. The summed E-state index contributed by atoms with van der Waals surface area (Å²) in [5.74, 6) is 0. The summed E-state index contributed by atoms with van der Waals surface area (Å²) in [6.07, 6.45) is 1.66. The Morgan fingerprint density at radius 1 is 1.07 bits per heavy atom. The van der Waals surface area contributed by atoms with E-state index in [-0.39, 0.29) is 0 Å². The predicted molar refractivity (Wildman–Crippen MR) is 69.1 cm³/mol. The molecule has 0 amide bonds. The quantitative estimate of drug-likeness (QED) is 0.767. The first-order valence-electron chi connectivity index (χ1n) is 4.80. The van der Waals surface area contributed by atoms with Crippen molar-refractivity contribution in [3.8, 4) is 0 Å². The number of anilines is 1. The van der Waals surface area contributed by atoms with Crippen LogP contribution in [0.25, 0.3) is 0 Å². The molecule has 0 aliphatic rings. The van der Waals surface area contributed by atoms with Gasteiger partial charge >= 0.3 is 0 Å². The van der Waals surface area contributed by atoms with Gasteiger partial charge in [-0.2, -0.15) is 4.37 Å². The summed E-state index contributed by atoms with van der Waals surface area (Å²) in [7, 11) is -2.65. The summed E-state index contributed by atoms with van der Waals surface area (Å²) in [4.78, 5) is 4.35. The molecule has 0 spiro atoms. The molecule has 14 heavy (non-hydrogen) atoms. The summed E-state index contributed by atoms with van der Waals surface area (Å²) < 4.78 is 6.68.